The minimum atomic E-state index is -2.11. The van der Waals surface area contributed by atoms with Crippen LogP contribution in [0.4, 0.5) is 5.69 Å². The van der Waals surface area contributed by atoms with Gasteiger partial charge in [-0.05, 0) is 43.5 Å². The number of nitrogens with one attached hydrogen (secondary N) is 1. The fourth-order valence-corrected chi connectivity index (χ4v) is 3.88. The summed E-state index contributed by atoms with van der Waals surface area (Å²) in [5.74, 6) is 0.625. The summed E-state index contributed by atoms with van der Waals surface area (Å²) in [6.07, 6.45) is 1.13. The Kier molecular flexibility index (Phi) is 6.06. The molecular formula is C17H25N3O4S. The summed E-state index contributed by atoms with van der Waals surface area (Å²) < 4.78 is 27.4. The first-order valence-corrected chi connectivity index (χ1v) is 9.72. The third-order valence-electron chi connectivity index (χ3n) is 4.85. The molecule has 2 heterocycles. The van der Waals surface area contributed by atoms with Crippen molar-refractivity contribution in [3.63, 3.8) is 0 Å². The summed E-state index contributed by atoms with van der Waals surface area (Å²) in [5, 5.41) is 0. The molecule has 3 unspecified atom stereocenters. The Bertz CT molecular complexity index is 619. The summed E-state index contributed by atoms with van der Waals surface area (Å²) >= 11 is -2.11. The van der Waals surface area contributed by atoms with E-state index >= 15 is 0 Å². The fraction of sp³-hybridized carbons (Fsp3) is 0.588. The Labute approximate surface area is 150 Å². The Balaban J connectivity index is 1.56. The first-order valence-electron chi connectivity index (χ1n) is 8.61. The van der Waals surface area contributed by atoms with Gasteiger partial charge in [0.2, 0.25) is 0 Å². The fourth-order valence-electron chi connectivity index (χ4n) is 3.54. The molecule has 0 aromatic heterocycles. The molecule has 0 spiro atoms. The largest absolute Gasteiger partial charge is 0.381 e. The molecule has 2 aliphatic heterocycles. The van der Waals surface area contributed by atoms with Crippen LogP contribution >= 0.6 is 0 Å². The Morgan fingerprint density at radius 2 is 2.12 bits per heavy atom. The van der Waals surface area contributed by atoms with Crippen molar-refractivity contribution < 1.29 is 18.3 Å². The maximum absolute atomic E-state index is 12.8. The Hall–Kier alpha value is -1.48. The topological polar surface area (TPSA) is 82.1 Å². The van der Waals surface area contributed by atoms with E-state index < -0.39 is 11.3 Å². The normalized spacial score (nSPS) is 25.8. The molecule has 3 atom stereocenters. The van der Waals surface area contributed by atoms with Crippen molar-refractivity contribution in [1.82, 2.24) is 9.80 Å². The molecule has 0 bridgehead atoms. The van der Waals surface area contributed by atoms with Gasteiger partial charge < -0.3 is 9.64 Å². The molecule has 1 amide bonds. The van der Waals surface area contributed by atoms with Gasteiger partial charge in [-0.25, -0.2) is 4.21 Å². The van der Waals surface area contributed by atoms with Crippen molar-refractivity contribution >= 4 is 22.9 Å². The average Bonchev–Trinajstić information content (AvgIpc) is 3.07. The van der Waals surface area contributed by atoms with E-state index in [4.69, 9.17) is 9.29 Å². The molecule has 0 aliphatic carbocycles. The highest BCUT2D eigenvalue weighted by molar-refractivity contribution is 7.80. The van der Waals surface area contributed by atoms with Crippen LogP contribution in [0.1, 0.15) is 23.7 Å². The van der Waals surface area contributed by atoms with Crippen LogP contribution in [0, 0.1) is 5.92 Å². The molecule has 0 radical (unpaired) electrons. The van der Waals surface area contributed by atoms with Crippen molar-refractivity contribution in [3.05, 3.63) is 29.8 Å². The Morgan fingerprint density at radius 1 is 1.36 bits per heavy atom. The monoisotopic (exact) mass is 367 g/mol. The van der Waals surface area contributed by atoms with Gasteiger partial charge in [0.05, 0.1) is 6.61 Å². The molecular weight excluding hydrogens is 342 g/mol. The van der Waals surface area contributed by atoms with Crippen molar-refractivity contribution in [1.29, 1.82) is 0 Å². The van der Waals surface area contributed by atoms with Gasteiger partial charge in [0.25, 0.3) is 17.2 Å². The zero-order valence-electron chi connectivity index (χ0n) is 14.4. The van der Waals surface area contributed by atoms with Crippen LogP contribution < -0.4 is 4.72 Å². The second-order valence-electron chi connectivity index (χ2n) is 6.77. The van der Waals surface area contributed by atoms with Crippen LogP contribution in [-0.2, 0) is 16.0 Å². The number of anilines is 1. The van der Waals surface area contributed by atoms with Gasteiger partial charge in [-0.3, -0.25) is 19.0 Å². The number of hydrogen-bond acceptors (Lipinski definition) is 4. The molecule has 25 heavy (non-hydrogen) atoms. The third-order valence-corrected chi connectivity index (χ3v) is 5.26. The molecule has 7 nitrogen and oxygen atoms in total. The van der Waals surface area contributed by atoms with Gasteiger partial charge in [0.15, 0.2) is 0 Å². The molecule has 1 aromatic rings. The zero-order chi connectivity index (χ0) is 17.8. The molecule has 0 saturated carbocycles. The summed E-state index contributed by atoms with van der Waals surface area (Å²) in [5.41, 5.74) is 1.10. The van der Waals surface area contributed by atoms with Crippen molar-refractivity contribution in [2.24, 2.45) is 5.92 Å². The molecule has 2 N–H and O–H groups in total. The average molecular weight is 367 g/mol. The first-order chi connectivity index (χ1) is 12.0. The number of benzene rings is 1. The molecule has 138 valence electrons. The van der Waals surface area contributed by atoms with Crippen LogP contribution in [0.25, 0.3) is 0 Å². The van der Waals surface area contributed by atoms with Gasteiger partial charge in [0.1, 0.15) is 0 Å². The predicted octanol–water partition coefficient (Wildman–Crippen LogP) is 1.42. The first kappa shape index (κ1) is 18.3. The standard InChI is InChI=1S/C17H25N3O4S/c1-13-10-19(11-14-6-9-24-12-14)7-8-20(13)17(21)15-2-4-16(5-3-15)18-25(22)23/h2-5,13-14,18H,6-12H2,1H3,(H,22,23). The smallest absolute Gasteiger partial charge is 0.259 e. The van der Waals surface area contributed by atoms with Crippen LogP contribution in [0.15, 0.2) is 24.3 Å². The number of piperazine rings is 1. The van der Waals surface area contributed by atoms with Crippen molar-refractivity contribution in [2.75, 3.05) is 44.1 Å². The second kappa shape index (κ2) is 8.27. The highest BCUT2D eigenvalue weighted by atomic mass is 32.2. The second-order valence-corrected chi connectivity index (χ2v) is 7.47. The minimum Gasteiger partial charge on any atom is -0.381 e. The van der Waals surface area contributed by atoms with Gasteiger partial charge in [-0.1, -0.05) is 0 Å². The number of amides is 1. The van der Waals surface area contributed by atoms with Crippen molar-refractivity contribution in [2.45, 2.75) is 19.4 Å². The number of hydrogen-bond donors (Lipinski definition) is 2. The highest BCUT2D eigenvalue weighted by Crippen LogP contribution is 2.19. The number of rotatable bonds is 5. The lowest BCUT2D eigenvalue weighted by Gasteiger charge is -2.40. The number of carbonyl (C=O) groups is 1. The lowest BCUT2D eigenvalue weighted by molar-refractivity contribution is 0.0452. The minimum absolute atomic E-state index is 0.00743. The lowest BCUT2D eigenvalue weighted by Crippen LogP contribution is -2.54. The van der Waals surface area contributed by atoms with E-state index in [-0.39, 0.29) is 11.9 Å². The van der Waals surface area contributed by atoms with Crippen molar-refractivity contribution in [3.8, 4) is 0 Å². The summed E-state index contributed by atoms with van der Waals surface area (Å²) in [6.45, 7) is 7.33. The molecule has 1 aromatic carbocycles. The van der Waals surface area contributed by atoms with E-state index in [1.807, 2.05) is 4.90 Å². The summed E-state index contributed by atoms with van der Waals surface area (Å²) in [6, 6.07) is 6.82. The predicted molar refractivity (Wildman–Crippen MR) is 96.7 cm³/mol. The van der Waals surface area contributed by atoms with E-state index in [1.165, 1.54) is 0 Å². The molecule has 3 rings (SSSR count). The van der Waals surface area contributed by atoms with E-state index in [2.05, 4.69) is 16.5 Å². The zero-order valence-corrected chi connectivity index (χ0v) is 15.2. The third kappa shape index (κ3) is 4.78. The van der Waals surface area contributed by atoms with Gasteiger partial charge in [0, 0.05) is 50.1 Å². The van der Waals surface area contributed by atoms with Crippen LogP contribution in [0.5, 0.6) is 0 Å². The van der Waals surface area contributed by atoms with E-state index in [9.17, 15) is 9.00 Å². The lowest BCUT2D eigenvalue weighted by atomic mass is 10.1. The number of ether oxygens (including phenoxy) is 1. The van der Waals surface area contributed by atoms with E-state index in [1.54, 1.807) is 24.3 Å². The van der Waals surface area contributed by atoms with Crippen LogP contribution in [-0.4, -0.2) is 69.9 Å². The SMILES string of the molecule is CC1CN(CC2CCOC2)CCN1C(=O)c1ccc(NS(=O)O)cc1. The Morgan fingerprint density at radius 3 is 2.72 bits per heavy atom. The maximum Gasteiger partial charge on any atom is 0.259 e. The van der Waals surface area contributed by atoms with Gasteiger partial charge in [-0.2, -0.15) is 0 Å². The van der Waals surface area contributed by atoms with E-state index in [0.29, 0.717) is 23.7 Å². The number of nitrogens with zero attached hydrogens (tertiary/aromatic N) is 2. The van der Waals surface area contributed by atoms with E-state index in [0.717, 1.165) is 39.3 Å². The maximum atomic E-state index is 12.8. The van der Waals surface area contributed by atoms with Gasteiger partial charge >= 0.3 is 0 Å². The molecule has 2 aliphatic rings. The quantitative estimate of drug-likeness (QED) is 0.769. The van der Waals surface area contributed by atoms with Crippen LogP contribution in [0.2, 0.25) is 0 Å². The molecule has 2 saturated heterocycles. The molecule has 2 fully saturated rings. The highest BCUT2D eigenvalue weighted by Gasteiger charge is 2.29. The molecule has 8 heteroatoms. The summed E-state index contributed by atoms with van der Waals surface area (Å²) in [4.78, 5) is 17.1. The van der Waals surface area contributed by atoms with Gasteiger partial charge in [-0.15, -0.1) is 0 Å². The summed E-state index contributed by atoms with van der Waals surface area (Å²) in [7, 11) is 0. The number of carbonyl (C=O) groups excluding carboxylic acids is 1. The van der Waals surface area contributed by atoms with Crippen LogP contribution in [0.3, 0.4) is 0 Å².